The summed E-state index contributed by atoms with van der Waals surface area (Å²) in [6.07, 6.45) is 0. The van der Waals surface area contributed by atoms with Gasteiger partial charge in [0.05, 0.1) is 22.5 Å². The molecule has 0 N–H and O–H groups in total. The molecule has 0 radical (unpaired) electrons. The molecule has 0 aromatic rings. The van der Waals surface area contributed by atoms with Gasteiger partial charge in [-0.05, 0) is 0 Å². The molecule has 0 aromatic heterocycles. The lowest BCUT2D eigenvalue weighted by molar-refractivity contribution is 0.527. The molecule has 0 fully saturated rings. The Morgan fingerprint density at radius 3 is 1.38 bits per heavy atom. The highest BCUT2D eigenvalue weighted by Crippen LogP contribution is 1.80. The van der Waals surface area contributed by atoms with Gasteiger partial charge < -0.3 is 9.11 Å². The van der Waals surface area contributed by atoms with Crippen LogP contribution >= 0.6 is 0 Å². The van der Waals surface area contributed by atoms with Crippen LogP contribution < -0.4 is 0 Å². The Labute approximate surface area is 49.8 Å². The SMILES string of the molecule is O=S([O-])N=NS(=O)[O-]. The van der Waals surface area contributed by atoms with Crippen LogP contribution in [0.5, 0.6) is 0 Å². The molecular formula is N2O4S2-2. The highest BCUT2D eigenvalue weighted by molar-refractivity contribution is 7.80. The Bertz CT molecular complexity index is 123. The zero-order chi connectivity index (χ0) is 6.57. The first-order valence-electron chi connectivity index (χ1n) is 1.23. The molecule has 0 heterocycles. The number of hydrogen-bond donors (Lipinski definition) is 0. The van der Waals surface area contributed by atoms with E-state index in [0.29, 0.717) is 0 Å². The van der Waals surface area contributed by atoms with Crippen molar-refractivity contribution in [1.29, 1.82) is 0 Å². The monoisotopic (exact) mass is 156 g/mol. The van der Waals surface area contributed by atoms with E-state index in [1.807, 2.05) is 0 Å². The van der Waals surface area contributed by atoms with Crippen LogP contribution in [0.4, 0.5) is 0 Å². The molecule has 0 aliphatic rings. The average molecular weight is 156 g/mol. The second kappa shape index (κ2) is 3.78. The minimum Gasteiger partial charge on any atom is -0.752 e. The van der Waals surface area contributed by atoms with Crippen molar-refractivity contribution in [3.63, 3.8) is 0 Å². The molecule has 0 bridgehead atoms. The van der Waals surface area contributed by atoms with E-state index in [1.54, 1.807) is 0 Å². The Morgan fingerprint density at radius 1 is 1.00 bits per heavy atom. The second-order valence-corrected chi connectivity index (χ2v) is 1.79. The molecule has 0 spiro atoms. The van der Waals surface area contributed by atoms with Crippen LogP contribution in [0.3, 0.4) is 0 Å². The Kier molecular flexibility index (Phi) is 3.69. The molecule has 6 nitrogen and oxygen atoms in total. The van der Waals surface area contributed by atoms with E-state index in [-0.39, 0.29) is 0 Å². The van der Waals surface area contributed by atoms with Crippen molar-refractivity contribution in [3.8, 4) is 0 Å². The quantitative estimate of drug-likeness (QED) is 0.378. The topological polar surface area (TPSA) is 105 Å². The van der Waals surface area contributed by atoms with Crippen LogP contribution in [0.2, 0.25) is 0 Å². The van der Waals surface area contributed by atoms with Gasteiger partial charge in [0, 0.05) is 0 Å². The van der Waals surface area contributed by atoms with E-state index in [0.717, 1.165) is 0 Å². The highest BCUT2D eigenvalue weighted by Gasteiger charge is 1.69. The van der Waals surface area contributed by atoms with E-state index in [1.165, 1.54) is 0 Å². The van der Waals surface area contributed by atoms with Crippen LogP contribution in [0.15, 0.2) is 9.04 Å². The lowest BCUT2D eigenvalue weighted by atomic mass is 13.2. The lowest BCUT2D eigenvalue weighted by Crippen LogP contribution is -1.80. The molecule has 0 saturated heterocycles. The maximum atomic E-state index is 9.37. The summed E-state index contributed by atoms with van der Waals surface area (Å²) < 4.78 is 42.0. The van der Waals surface area contributed by atoms with Crippen molar-refractivity contribution in [2.45, 2.75) is 0 Å². The van der Waals surface area contributed by atoms with E-state index in [2.05, 4.69) is 9.04 Å². The number of hydrogen-bond acceptors (Lipinski definition) is 4. The first-order chi connectivity index (χ1) is 3.63. The molecule has 48 valence electrons. The zero-order valence-electron chi connectivity index (χ0n) is 3.34. The van der Waals surface area contributed by atoms with Gasteiger partial charge in [-0.25, -0.2) is 8.42 Å². The molecule has 0 amide bonds. The number of nitrogens with zero attached hydrogens (tertiary/aromatic N) is 2. The van der Waals surface area contributed by atoms with Crippen LogP contribution in [-0.4, -0.2) is 17.5 Å². The Hall–Kier alpha value is -0.180. The van der Waals surface area contributed by atoms with Gasteiger partial charge in [0.25, 0.3) is 0 Å². The van der Waals surface area contributed by atoms with Gasteiger partial charge in [-0.2, -0.15) is 0 Å². The summed E-state index contributed by atoms with van der Waals surface area (Å²) in [5.74, 6) is 0. The molecule has 0 saturated carbocycles. The lowest BCUT2D eigenvalue weighted by Gasteiger charge is -1.93. The summed E-state index contributed by atoms with van der Waals surface area (Å²) in [6.45, 7) is 0. The molecule has 0 aliphatic heterocycles. The van der Waals surface area contributed by atoms with Crippen LogP contribution in [0.25, 0.3) is 0 Å². The van der Waals surface area contributed by atoms with Gasteiger partial charge in [-0.1, -0.05) is 9.04 Å². The summed E-state index contributed by atoms with van der Waals surface area (Å²) in [6, 6.07) is 0. The van der Waals surface area contributed by atoms with Crippen LogP contribution in [0.1, 0.15) is 0 Å². The smallest absolute Gasteiger partial charge is 0.0908 e. The van der Waals surface area contributed by atoms with Crippen LogP contribution in [-0.2, 0) is 22.5 Å². The van der Waals surface area contributed by atoms with Crippen molar-refractivity contribution < 1.29 is 17.5 Å². The fourth-order valence-corrected chi connectivity index (χ4v) is 0.490. The van der Waals surface area contributed by atoms with Gasteiger partial charge in [0.2, 0.25) is 0 Å². The van der Waals surface area contributed by atoms with Crippen molar-refractivity contribution in [2.24, 2.45) is 9.04 Å². The van der Waals surface area contributed by atoms with Crippen LogP contribution in [0, 0.1) is 0 Å². The molecule has 0 rings (SSSR count). The third kappa shape index (κ3) is 5.82. The Morgan fingerprint density at radius 2 is 1.25 bits per heavy atom. The predicted molar refractivity (Wildman–Crippen MR) is 22.7 cm³/mol. The molecule has 0 aliphatic carbocycles. The third-order valence-electron chi connectivity index (χ3n) is 0.167. The minimum absolute atomic E-state index is 2.25. The fourth-order valence-electron chi connectivity index (χ4n) is 0.0544. The van der Waals surface area contributed by atoms with Gasteiger partial charge in [-0.15, -0.1) is 0 Å². The van der Waals surface area contributed by atoms with E-state index < -0.39 is 22.5 Å². The maximum absolute atomic E-state index is 9.37. The summed E-state index contributed by atoms with van der Waals surface area (Å²) in [5, 5.41) is 0. The minimum atomic E-state index is -2.77. The predicted octanol–water partition coefficient (Wildman–Crippen LogP) is -0.973. The van der Waals surface area contributed by atoms with E-state index in [9.17, 15) is 17.5 Å². The average Bonchev–Trinajstić information content (AvgIpc) is 1.61. The molecular weight excluding hydrogens is 156 g/mol. The summed E-state index contributed by atoms with van der Waals surface area (Å²) >= 11 is -5.54. The van der Waals surface area contributed by atoms with Crippen molar-refractivity contribution in [3.05, 3.63) is 0 Å². The van der Waals surface area contributed by atoms with Gasteiger partial charge >= 0.3 is 0 Å². The molecule has 2 unspecified atom stereocenters. The number of rotatable bonds is 2. The third-order valence-corrected chi connectivity index (χ3v) is 0.700. The first kappa shape index (κ1) is 7.82. The van der Waals surface area contributed by atoms with Gasteiger partial charge in [0.15, 0.2) is 0 Å². The second-order valence-electron chi connectivity index (χ2n) is 0.598. The normalized spacial score (nSPS) is 18.8. The van der Waals surface area contributed by atoms with Gasteiger partial charge in [-0.3, -0.25) is 0 Å². The molecule has 8 heavy (non-hydrogen) atoms. The van der Waals surface area contributed by atoms with Crippen molar-refractivity contribution >= 4 is 22.5 Å². The summed E-state index contributed by atoms with van der Waals surface area (Å²) in [7, 11) is 0. The van der Waals surface area contributed by atoms with E-state index in [4.69, 9.17) is 0 Å². The molecule has 0 aromatic carbocycles. The van der Waals surface area contributed by atoms with E-state index >= 15 is 0 Å². The Balaban J connectivity index is 3.67. The highest BCUT2D eigenvalue weighted by atomic mass is 32.2. The van der Waals surface area contributed by atoms with Crippen molar-refractivity contribution in [2.75, 3.05) is 0 Å². The van der Waals surface area contributed by atoms with Crippen molar-refractivity contribution in [1.82, 2.24) is 0 Å². The largest absolute Gasteiger partial charge is 0.752 e. The molecule has 8 heteroatoms. The summed E-state index contributed by atoms with van der Waals surface area (Å²) in [5.41, 5.74) is 0. The fraction of sp³-hybridized carbons (Fsp3) is 0. The molecule has 2 atom stereocenters. The zero-order valence-corrected chi connectivity index (χ0v) is 4.98. The maximum Gasteiger partial charge on any atom is 0.0908 e. The first-order valence-corrected chi connectivity index (χ1v) is 3.30. The summed E-state index contributed by atoms with van der Waals surface area (Å²) in [4.78, 5) is 0. The standard InChI is InChI=1S/H2N2O4S2/c3-7(4)1-2-8(5)6/h(H,3,4)(H,5,6)/p-2. The van der Waals surface area contributed by atoms with Gasteiger partial charge in [0.1, 0.15) is 0 Å².